The molecule has 10 rings (SSSR count). The third kappa shape index (κ3) is 3.96. The first-order valence-corrected chi connectivity index (χ1v) is 18.2. The quantitative estimate of drug-likeness (QED) is 0.0974. The van der Waals surface area contributed by atoms with Crippen molar-refractivity contribution in [3.8, 4) is 11.5 Å². The van der Waals surface area contributed by atoms with Crippen LogP contribution in [0.1, 0.15) is 78.5 Å². The first kappa shape index (κ1) is 28.4. The van der Waals surface area contributed by atoms with Crippen LogP contribution in [0.3, 0.4) is 0 Å². The zero-order valence-corrected chi connectivity index (χ0v) is 28.6. The molecule has 6 nitrogen and oxygen atoms in total. The van der Waals surface area contributed by atoms with E-state index in [1.807, 2.05) is 0 Å². The average molecular weight is 667 g/mol. The molecule has 8 heteroatoms. The van der Waals surface area contributed by atoms with Crippen LogP contribution in [0.4, 0.5) is 22.7 Å². The number of phenols is 2. The van der Waals surface area contributed by atoms with Crippen molar-refractivity contribution in [3.05, 3.63) is 116 Å². The van der Waals surface area contributed by atoms with Gasteiger partial charge in [-0.3, -0.25) is 0 Å². The lowest BCUT2D eigenvalue weighted by atomic mass is 9.91. The maximum atomic E-state index is 12.0. The number of nitrogens with one attached hydrogen (secondary N) is 4. The zero-order valence-electron chi connectivity index (χ0n) is 26.9. The highest BCUT2D eigenvalue weighted by atomic mass is 32.2. The highest BCUT2D eigenvalue weighted by molar-refractivity contribution is 8.00. The van der Waals surface area contributed by atoms with Crippen molar-refractivity contribution in [2.75, 3.05) is 21.3 Å². The molecule has 0 aromatic heterocycles. The topological polar surface area (TPSA) is 88.6 Å². The van der Waals surface area contributed by atoms with E-state index in [0.717, 1.165) is 72.6 Å². The van der Waals surface area contributed by atoms with Gasteiger partial charge >= 0.3 is 0 Å². The third-order valence-corrected chi connectivity index (χ3v) is 13.1. The molecular weight excluding hydrogens is 633 g/mol. The van der Waals surface area contributed by atoms with Gasteiger partial charge in [0.15, 0.2) is 0 Å². The average Bonchev–Trinajstić information content (AvgIpc) is 3.72. The Balaban J connectivity index is 1.23. The molecule has 4 atom stereocenters. The highest BCUT2D eigenvalue weighted by Gasteiger charge is 2.36. The molecule has 0 spiro atoms. The van der Waals surface area contributed by atoms with Gasteiger partial charge in [-0.25, -0.2) is 0 Å². The molecule has 4 unspecified atom stereocenters. The number of anilines is 4. The van der Waals surface area contributed by atoms with E-state index in [2.05, 4.69) is 122 Å². The van der Waals surface area contributed by atoms with Crippen LogP contribution in [0.15, 0.2) is 70.5 Å². The molecule has 12 bridgehead atoms. The van der Waals surface area contributed by atoms with Crippen LogP contribution in [-0.2, 0) is 0 Å². The predicted octanol–water partition coefficient (Wildman–Crippen LogP) is 10.6. The summed E-state index contributed by atoms with van der Waals surface area (Å²) >= 11 is 3.54. The summed E-state index contributed by atoms with van der Waals surface area (Å²) in [6, 6.07) is 16.8. The summed E-state index contributed by atoms with van der Waals surface area (Å²) in [5.41, 5.74) is 14.4. The van der Waals surface area contributed by atoms with Gasteiger partial charge in [-0.15, -0.1) is 0 Å². The van der Waals surface area contributed by atoms with Gasteiger partial charge in [-0.1, -0.05) is 83.2 Å². The summed E-state index contributed by atoms with van der Waals surface area (Å²) in [6.45, 7) is 8.57. The summed E-state index contributed by atoms with van der Waals surface area (Å²) in [5, 5.41) is 41.4. The van der Waals surface area contributed by atoms with Gasteiger partial charge in [0.05, 0.1) is 34.8 Å². The number of hydrogen-bond donors (Lipinski definition) is 6. The van der Waals surface area contributed by atoms with Crippen molar-refractivity contribution in [3.63, 3.8) is 0 Å². The molecule has 0 aliphatic carbocycles. The second-order valence-corrected chi connectivity index (χ2v) is 15.9. The summed E-state index contributed by atoms with van der Waals surface area (Å²) in [7, 11) is 0. The SMILES string of the molecule is Cc1cc2c(O)c(c1)C1Nc3c(c(C)cc4cc(C)c5c(c34)NC(S5)c3cc(C)cc(c3O)C3C=Cc4ccc5c(c4N3)NC2C=C5)S1. The number of phenolic OH excluding ortho intramolecular Hbond substituents is 2. The maximum absolute atomic E-state index is 12.0. The first-order chi connectivity index (χ1) is 23.2. The standard InChI is InChI=1S/C40H34N4O2S2/c1-17-11-24-28-9-7-21-5-6-22-8-10-29(42-32(22)31(21)41-28)25-12-18(2)14-27(36(25)46)40-44-34-30-23(16-20(4)38(34)48-40)15-19(3)37-33(30)43-39(47-37)26(13-17)35(24)45/h5-16,28-29,39-46H,1-4H3. The summed E-state index contributed by atoms with van der Waals surface area (Å²) in [5.74, 6) is 0.622. The lowest BCUT2D eigenvalue weighted by Crippen LogP contribution is -2.19. The molecule has 5 aromatic rings. The smallest absolute Gasteiger partial charge is 0.127 e. The van der Waals surface area contributed by atoms with Crippen LogP contribution < -0.4 is 21.3 Å². The van der Waals surface area contributed by atoms with E-state index in [0.29, 0.717) is 11.5 Å². The maximum Gasteiger partial charge on any atom is 0.127 e. The van der Waals surface area contributed by atoms with Gasteiger partial charge in [0.2, 0.25) is 0 Å². The summed E-state index contributed by atoms with van der Waals surface area (Å²) in [6.07, 6.45) is 8.56. The minimum Gasteiger partial charge on any atom is -0.507 e. The Morgan fingerprint density at radius 3 is 1.44 bits per heavy atom. The van der Waals surface area contributed by atoms with Crippen molar-refractivity contribution in [2.45, 2.75) is 60.3 Å². The Labute approximate surface area is 287 Å². The van der Waals surface area contributed by atoms with Crippen LogP contribution in [0.2, 0.25) is 0 Å². The Bertz CT molecular complexity index is 2200. The Morgan fingerprint density at radius 1 is 0.542 bits per heavy atom. The molecule has 0 saturated heterocycles. The predicted molar refractivity (Wildman–Crippen MR) is 201 cm³/mol. The molecule has 0 radical (unpaired) electrons. The molecule has 0 fully saturated rings. The van der Waals surface area contributed by atoms with Crippen LogP contribution in [0.25, 0.3) is 22.9 Å². The fraction of sp³-hybridized carbons (Fsp3) is 0.200. The minimum atomic E-state index is -0.226. The lowest BCUT2D eigenvalue weighted by molar-refractivity contribution is 0.459. The normalized spacial score (nSPS) is 21.8. The largest absolute Gasteiger partial charge is 0.507 e. The molecule has 5 aromatic carbocycles. The minimum absolute atomic E-state index is 0.157. The number of aryl methyl sites for hydroxylation is 4. The number of rotatable bonds is 0. The monoisotopic (exact) mass is 666 g/mol. The zero-order chi connectivity index (χ0) is 32.6. The molecule has 0 saturated carbocycles. The number of fused-ring (bicyclic) bond motifs is 12. The lowest BCUT2D eigenvalue weighted by Gasteiger charge is -2.31. The van der Waals surface area contributed by atoms with E-state index in [9.17, 15) is 10.2 Å². The van der Waals surface area contributed by atoms with Crippen molar-refractivity contribution < 1.29 is 10.2 Å². The van der Waals surface area contributed by atoms with E-state index < -0.39 is 0 Å². The van der Waals surface area contributed by atoms with Gasteiger partial charge in [0.1, 0.15) is 22.2 Å². The number of hydrogen-bond acceptors (Lipinski definition) is 8. The Morgan fingerprint density at radius 2 is 0.979 bits per heavy atom. The van der Waals surface area contributed by atoms with Crippen LogP contribution in [0.5, 0.6) is 11.5 Å². The molecule has 5 aliphatic heterocycles. The van der Waals surface area contributed by atoms with E-state index in [1.54, 1.807) is 23.5 Å². The number of thioether (sulfide) groups is 2. The molecule has 5 heterocycles. The van der Waals surface area contributed by atoms with Crippen LogP contribution in [0, 0.1) is 27.7 Å². The van der Waals surface area contributed by atoms with Gasteiger partial charge in [0.25, 0.3) is 0 Å². The molecule has 48 heavy (non-hydrogen) atoms. The fourth-order valence-corrected chi connectivity index (χ4v) is 10.7. The highest BCUT2D eigenvalue weighted by Crippen LogP contribution is 2.59. The van der Waals surface area contributed by atoms with Gasteiger partial charge < -0.3 is 31.5 Å². The number of benzene rings is 5. The van der Waals surface area contributed by atoms with Crippen molar-refractivity contribution in [1.29, 1.82) is 0 Å². The second-order valence-electron chi connectivity index (χ2n) is 13.7. The molecule has 6 N–H and O–H groups in total. The Hall–Kier alpha value is -4.66. The van der Waals surface area contributed by atoms with E-state index >= 15 is 0 Å². The molecule has 238 valence electrons. The molecule has 5 aliphatic rings. The molecular formula is C40H34N4O2S2. The van der Waals surface area contributed by atoms with E-state index in [4.69, 9.17) is 0 Å². The second kappa shape index (κ2) is 9.94. The summed E-state index contributed by atoms with van der Waals surface area (Å²) in [4.78, 5) is 2.41. The summed E-state index contributed by atoms with van der Waals surface area (Å²) < 4.78 is 0. The number of aromatic hydroxyl groups is 2. The van der Waals surface area contributed by atoms with Gasteiger partial charge in [-0.2, -0.15) is 0 Å². The van der Waals surface area contributed by atoms with Crippen molar-refractivity contribution in [1.82, 2.24) is 0 Å². The fourth-order valence-electron chi connectivity index (χ4n) is 8.18. The van der Waals surface area contributed by atoms with Gasteiger partial charge in [-0.05, 0) is 79.6 Å². The Kier molecular flexibility index (Phi) is 5.87. The van der Waals surface area contributed by atoms with Crippen molar-refractivity contribution in [2.24, 2.45) is 0 Å². The first-order valence-electron chi connectivity index (χ1n) is 16.4. The molecule has 0 amide bonds. The van der Waals surface area contributed by atoms with Crippen LogP contribution >= 0.6 is 23.5 Å². The van der Waals surface area contributed by atoms with Crippen LogP contribution in [-0.4, -0.2) is 10.2 Å². The van der Waals surface area contributed by atoms with E-state index in [-0.39, 0.29) is 22.8 Å². The van der Waals surface area contributed by atoms with E-state index in [1.165, 1.54) is 26.3 Å². The van der Waals surface area contributed by atoms with Crippen molar-refractivity contribution >= 4 is 69.2 Å². The van der Waals surface area contributed by atoms with Gasteiger partial charge in [0, 0.05) is 37.4 Å². The third-order valence-electron chi connectivity index (χ3n) is 10.4.